The van der Waals surface area contributed by atoms with E-state index in [4.69, 9.17) is 4.74 Å². The second kappa shape index (κ2) is 8.79. The number of carbonyl (C=O) groups is 2. The molecule has 0 saturated carbocycles. The molecule has 1 N–H and O–H groups in total. The van der Waals surface area contributed by atoms with Gasteiger partial charge in [-0.2, -0.15) is 0 Å². The molecule has 148 valence electrons. The fourth-order valence-electron chi connectivity index (χ4n) is 2.98. The summed E-state index contributed by atoms with van der Waals surface area (Å²) in [5, 5.41) is 2.77. The van der Waals surface area contributed by atoms with E-state index in [1.807, 2.05) is 6.07 Å². The SMILES string of the molecule is CCOC(=O)c1cnc(C)c(C(=O)Nc2ccc(N3CCN(C)CC3)cn2)c1. The summed E-state index contributed by atoms with van der Waals surface area (Å²) in [5.41, 5.74) is 2.12. The van der Waals surface area contributed by atoms with Gasteiger partial charge in [-0.15, -0.1) is 0 Å². The predicted molar refractivity (Wildman–Crippen MR) is 107 cm³/mol. The molecule has 0 unspecified atom stereocenters. The van der Waals surface area contributed by atoms with Gasteiger partial charge in [0.1, 0.15) is 5.82 Å². The number of rotatable bonds is 5. The molecule has 0 radical (unpaired) electrons. The third-order valence-corrected chi connectivity index (χ3v) is 4.70. The Hall–Kier alpha value is -3.00. The average molecular weight is 383 g/mol. The first-order valence-corrected chi connectivity index (χ1v) is 9.32. The maximum absolute atomic E-state index is 12.6. The summed E-state index contributed by atoms with van der Waals surface area (Å²) in [5.74, 6) is -0.418. The molecule has 1 saturated heterocycles. The normalized spacial score (nSPS) is 14.6. The first-order valence-electron chi connectivity index (χ1n) is 9.32. The molecule has 1 fully saturated rings. The monoisotopic (exact) mass is 383 g/mol. The fourth-order valence-corrected chi connectivity index (χ4v) is 2.98. The van der Waals surface area contributed by atoms with Crippen LogP contribution in [0.15, 0.2) is 30.6 Å². The molecule has 0 aromatic carbocycles. The van der Waals surface area contributed by atoms with E-state index in [2.05, 4.69) is 32.1 Å². The molecule has 1 aliphatic heterocycles. The molecule has 0 bridgehead atoms. The Morgan fingerprint density at radius 2 is 1.89 bits per heavy atom. The summed E-state index contributed by atoms with van der Waals surface area (Å²) < 4.78 is 4.97. The number of hydrogen-bond donors (Lipinski definition) is 1. The molecule has 0 atom stereocenters. The first kappa shape index (κ1) is 19.8. The van der Waals surface area contributed by atoms with Crippen molar-refractivity contribution in [3.05, 3.63) is 47.4 Å². The van der Waals surface area contributed by atoms with E-state index >= 15 is 0 Å². The number of hydrogen-bond acceptors (Lipinski definition) is 7. The topological polar surface area (TPSA) is 87.7 Å². The van der Waals surface area contributed by atoms with Crippen LogP contribution < -0.4 is 10.2 Å². The third-order valence-electron chi connectivity index (χ3n) is 4.70. The average Bonchev–Trinajstić information content (AvgIpc) is 2.69. The summed E-state index contributed by atoms with van der Waals surface area (Å²) in [4.78, 5) is 37.6. The summed E-state index contributed by atoms with van der Waals surface area (Å²) in [6.07, 6.45) is 3.17. The summed E-state index contributed by atoms with van der Waals surface area (Å²) >= 11 is 0. The standard InChI is InChI=1S/C20H25N5O3/c1-4-28-20(27)15-11-17(14(2)21-12-15)19(26)23-18-6-5-16(13-22-18)25-9-7-24(3)8-10-25/h5-6,11-13H,4,7-10H2,1-3H3,(H,22,23,26). The highest BCUT2D eigenvalue weighted by Gasteiger charge is 2.17. The van der Waals surface area contributed by atoms with Crippen molar-refractivity contribution in [3.8, 4) is 0 Å². The second-order valence-electron chi connectivity index (χ2n) is 6.72. The molecule has 3 rings (SSSR count). The van der Waals surface area contributed by atoms with Crippen LogP contribution in [0.2, 0.25) is 0 Å². The number of anilines is 2. The van der Waals surface area contributed by atoms with Crippen molar-refractivity contribution in [1.29, 1.82) is 0 Å². The van der Waals surface area contributed by atoms with E-state index in [9.17, 15) is 9.59 Å². The molecular formula is C20H25N5O3. The van der Waals surface area contributed by atoms with Gasteiger partial charge in [-0.25, -0.2) is 9.78 Å². The van der Waals surface area contributed by atoms with E-state index in [0.717, 1.165) is 31.9 Å². The van der Waals surface area contributed by atoms with Crippen molar-refractivity contribution >= 4 is 23.4 Å². The van der Waals surface area contributed by atoms with E-state index in [1.54, 1.807) is 26.1 Å². The molecule has 0 spiro atoms. The van der Waals surface area contributed by atoms with Crippen LogP contribution in [0.4, 0.5) is 11.5 Å². The Labute approximate surface area is 164 Å². The Bertz CT molecular complexity index is 845. The zero-order chi connectivity index (χ0) is 20.1. The van der Waals surface area contributed by atoms with Crippen LogP contribution in [0.1, 0.15) is 33.3 Å². The minimum Gasteiger partial charge on any atom is -0.462 e. The maximum Gasteiger partial charge on any atom is 0.339 e. The van der Waals surface area contributed by atoms with Crippen LogP contribution in [-0.4, -0.2) is 66.6 Å². The quantitative estimate of drug-likeness (QED) is 0.790. The number of esters is 1. The van der Waals surface area contributed by atoms with Crippen LogP contribution in [0.3, 0.4) is 0 Å². The molecule has 8 nitrogen and oxygen atoms in total. The van der Waals surface area contributed by atoms with Gasteiger partial charge in [-0.1, -0.05) is 0 Å². The molecule has 8 heteroatoms. The summed E-state index contributed by atoms with van der Waals surface area (Å²) in [6.45, 7) is 7.64. The van der Waals surface area contributed by atoms with Crippen LogP contribution >= 0.6 is 0 Å². The number of likely N-dealkylation sites (N-methyl/N-ethyl adjacent to an activating group) is 1. The molecule has 1 aliphatic rings. The number of aromatic nitrogens is 2. The van der Waals surface area contributed by atoms with Crippen molar-refractivity contribution in [3.63, 3.8) is 0 Å². The van der Waals surface area contributed by atoms with Gasteiger partial charge in [0.25, 0.3) is 5.91 Å². The molecular weight excluding hydrogens is 358 g/mol. The van der Waals surface area contributed by atoms with Gasteiger partial charge in [-0.05, 0) is 39.1 Å². The van der Waals surface area contributed by atoms with Crippen molar-refractivity contribution < 1.29 is 14.3 Å². The lowest BCUT2D eigenvalue weighted by Crippen LogP contribution is -2.44. The van der Waals surface area contributed by atoms with E-state index in [0.29, 0.717) is 17.1 Å². The smallest absolute Gasteiger partial charge is 0.339 e. The van der Waals surface area contributed by atoms with Crippen LogP contribution in [0.5, 0.6) is 0 Å². The van der Waals surface area contributed by atoms with E-state index in [1.165, 1.54) is 12.3 Å². The Morgan fingerprint density at radius 3 is 2.54 bits per heavy atom. The highest BCUT2D eigenvalue weighted by molar-refractivity contribution is 6.05. The lowest BCUT2D eigenvalue weighted by atomic mass is 10.1. The van der Waals surface area contributed by atoms with Crippen molar-refractivity contribution in [1.82, 2.24) is 14.9 Å². The van der Waals surface area contributed by atoms with Crippen LogP contribution in [-0.2, 0) is 4.74 Å². The molecule has 2 aromatic rings. The lowest BCUT2D eigenvalue weighted by molar-refractivity contribution is 0.0526. The van der Waals surface area contributed by atoms with Gasteiger partial charge in [0.2, 0.25) is 0 Å². The van der Waals surface area contributed by atoms with E-state index in [-0.39, 0.29) is 18.1 Å². The Morgan fingerprint density at radius 1 is 1.14 bits per heavy atom. The number of nitrogens with zero attached hydrogens (tertiary/aromatic N) is 4. The molecule has 3 heterocycles. The highest BCUT2D eigenvalue weighted by atomic mass is 16.5. The molecule has 0 aliphatic carbocycles. The first-order chi connectivity index (χ1) is 13.5. The van der Waals surface area contributed by atoms with Gasteiger partial charge >= 0.3 is 5.97 Å². The number of nitrogens with one attached hydrogen (secondary N) is 1. The number of carbonyl (C=O) groups excluding carboxylic acids is 2. The van der Waals surface area contributed by atoms with Crippen molar-refractivity contribution in [2.75, 3.05) is 50.1 Å². The largest absolute Gasteiger partial charge is 0.462 e. The number of amides is 1. The Kier molecular flexibility index (Phi) is 6.20. The fraction of sp³-hybridized carbons (Fsp3) is 0.400. The highest BCUT2D eigenvalue weighted by Crippen LogP contribution is 2.18. The number of ether oxygens (including phenoxy) is 1. The Balaban J connectivity index is 1.69. The number of pyridine rings is 2. The zero-order valence-electron chi connectivity index (χ0n) is 16.4. The number of aryl methyl sites for hydroxylation is 1. The second-order valence-corrected chi connectivity index (χ2v) is 6.72. The van der Waals surface area contributed by atoms with Gasteiger partial charge < -0.3 is 19.9 Å². The molecule has 1 amide bonds. The molecule has 2 aromatic heterocycles. The predicted octanol–water partition coefficient (Wildman–Crippen LogP) is 1.97. The minimum atomic E-state index is -0.501. The van der Waals surface area contributed by atoms with Crippen LogP contribution in [0, 0.1) is 6.92 Å². The van der Waals surface area contributed by atoms with Crippen LogP contribution in [0.25, 0.3) is 0 Å². The van der Waals surface area contributed by atoms with Gasteiger partial charge in [-0.3, -0.25) is 9.78 Å². The minimum absolute atomic E-state index is 0.246. The summed E-state index contributed by atoms with van der Waals surface area (Å²) in [6, 6.07) is 5.23. The van der Waals surface area contributed by atoms with Gasteiger partial charge in [0, 0.05) is 32.4 Å². The van der Waals surface area contributed by atoms with Crippen molar-refractivity contribution in [2.24, 2.45) is 0 Å². The zero-order valence-corrected chi connectivity index (χ0v) is 16.4. The van der Waals surface area contributed by atoms with Gasteiger partial charge in [0.05, 0.1) is 35.3 Å². The van der Waals surface area contributed by atoms with Crippen molar-refractivity contribution in [2.45, 2.75) is 13.8 Å². The maximum atomic E-state index is 12.6. The summed E-state index contributed by atoms with van der Waals surface area (Å²) in [7, 11) is 2.11. The molecule has 28 heavy (non-hydrogen) atoms. The lowest BCUT2D eigenvalue weighted by Gasteiger charge is -2.33. The number of piperazine rings is 1. The third kappa shape index (κ3) is 4.64. The van der Waals surface area contributed by atoms with E-state index < -0.39 is 5.97 Å². The van der Waals surface area contributed by atoms with Gasteiger partial charge in [0.15, 0.2) is 0 Å².